The van der Waals surface area contributed by atoms with Gasteiger partial charge in [0, 0.05) is 0 Å². The minimum absolute atomic E-state index is 0.404. The van der Waals surface area contributed by atoms with Crippen molar-refractivity contribution in [3.63, 3.8) is 0 Å². The molecule has 78 valence electrons. The Balaban J connectivity index is 3.66. The average molecular weight is 197 g/mol. The van der Waals surface area contributed by atoms with Gasteiger partial charge < -0.3 is 5.11 Å². The lowest BCUT2D eigenvalue weighted by Crippen LogP contribution is -2.17. The maximum Gasteiger partial charge on any atom is 0.329 e. The van der Waals surface area contributed by atoms with E-state index in [1.54, 1.807) is 0 Å². The third kappa shape index (κ3) is 6.14. The number of isocyanates is 1. The standard InChI is InChI=1S/C10H15NO3/c1-2-3-4-5-6-7-9(10(13)14)11-8-12/h2,9H,1,3-7H2,(H,13,14)/t9-/m0/s1. The summed E-state index contributed by atoms with van der Waals surface area (Å²) in [7, 11) is 0. The van der Waals surface area contributed by atoms with Gasteiger partial charge in [0.1, 0.15) is 0 Å². The van der Waals surface area contributed by atoms with Crippen LogP contribution in [0.2, 0.25) is 0 Å². The van der Waals surface area contributed by atoms with E-state index in [4.69, 9.17) is 5.11 Å². The summed E-state index contributed by atoms with van der Waals surface area (Å²) < 4.78 is 0. The molecule has 0 aliphatic heterocycles. The largest absolute Gasteiger partial charge is 0.480 e. The van der Waals surface area contributed by atoms with Gasteiger partial charge in [0.25, 0.3) is 0 Å². The second-order valence-electron chi connectivity index (χ2n) is 3.00. The van der Waals surface area contributed by atoms with Crippen LogP contribution in [0.4, 0.5) is 0 Å². The van der Waals surface area contributed by atoms with Gasteiger partial charge in [-0.1, -0.05) is 18.9 Å². The lowest BCUT2D eigenvalue weighted by atomic mass is 10.1. The monoisotopic (exact) mass is 197 g/mol. The maximum atomic E-state index is 10.5. The Labute approximate surface area is 83.3 Å². The van der Waals surface area contributed by atoms with Gasteiger partial charge >= 0.3 is 5.97 Å². The zero-order valence-corrected chi connectivity index (χ0v) is 8.11. The number of nitrogens with zero attached hydrogens (tertiary/aromatic N) is 1. The third-order valence-corrected chi connectivity index (χ3v) is 1.88. The van der Waals surface area contributed by atoms with E-state index >= 15 is 0 Å². The highest BCUT2D eigenvalue weighted by molar-refractivity contribution is 5.74. The summed E-state index contributed by atoms with van der Waals surface area (Å²) in [5.41, 5.74) is 0. The summed E-state index contributed by atoms with van der Waals surface area (Å²) in [6.07, 6.45) is 7.15. The molecule has 0 saturated heterocycles. The van der Waals surface area contributed by atoms with Crippen LogP contribution in [0.1, 0.15) is 32.1 Å². The van der Waals surface area contributed by atoms with Crippen molar-refractivity contribution in [2.24, 2.45) is 4.99 Å². The highest BCUT2D eigenvalue weighted by atomic mass is 16.4. The van der Waals surface area contributed by atoms with E-state index in [9.17, 15) is 9.59 Å². The lowest BCUT2D eigenvalue weighted by Gasteiger charge is -2.03. The van der Waals surface area contributed by atoms with Crippen LogP contribution in [0.25, 0.3) is 0 Å². The fourth-order valence-corrected chi connectivity index (χ4v) is 1.11. The number of carbonyl (C=O) groups excluding carboxylic acids is 1. The van der Waals surface area contributed by atoms with Crippen LogP contribution in [0, 0.1) is 0 Å². The van der Waals surface area contributed by atoms with Crippen LogP contribution < -0.4 is 0 Å². The molecule has 0 aromatic rings. The molecule has 4 nitrogen and oxygen atoms in total. The van der Waals surface area contributed by atoms with Crippen molar-refractivity contribution in [3.05, 3.63) is 12.7 Å². The summed E-state index contributed by atoms with van der Waals surface area (Å²) in [4.78, 5) is 23.6. The Kier molecular flexibility index (Phi) is 7.37. The van der Waals surface area contributed by atoms with Crippen molar-refractivity contribution in [3.8, 4) is 0 Å². The molecule has 0 radical (unpaired) electrons. The highest BCUT2D eigenvalue weighted by Crippen LogP contribution is 2.08. The van der Waals surface area contributed by atoms with Crippen LogP contribution >= 0.6 is 0 Å². The van der Waals surface area contributed by atoms with E-state index in [0.29, 0.717) is 6.42 Å². The lowest BCUT2D eigenvalue weighted by molar-refractivity contribution is -0.138. The number of rotatable bonds is 8. The Bertz CT molecular complexity index is 230. The number of aliphatic carboxylic acids is 1. The first-order valence-corrected chi connectivity index (χ1v) is 4.63. The SMILES string of the molecule is C=CCCCCC[C@H](N=C=O)C(=O)O. The molecule has 4 heteroatoms. The van der Waals surface area contributed by atoms with Gasteiger partial charge in [-0.25, -0.2) is 9.59 Å². The van der Waals surface area contributed by atoms with Gasteiger partial charge in [-0.15, -0.1) is 6.58 Å². The van der Waals surface area contributed by atoms with Crippen molar-refractivity contribution < 1.29 is 14.7 Å². The first-order chi connectivity index (χ1) is 6.72. The Morgan fingerprint density at radius 3 is 2.71 bits per heavy atom. The fourth-order valence-electron chi connectivity index (χ4n) is 1.11. The maximum absolute atomic E-state index is 10.5. The first-order valence-electron chi connectivity index (χ1n) is 4.63. The molecule has 0 aromatic carbocycles. The number of allylic oxidation sites excluding steroid dienone is 1. The van der Waals surface area contributed by atoms with Gasteiger partial charge in [0.2, 0.25) is 6.08 Å². The molecule has 0 heterocycles. The van der Waals surface area contributed by atoms with Crippen LogP contribution in [-0.2, 0) is 9.59 Å². The van der Waals surface area contributed by atoms with Gasteiger partial charge in [-0.2, -0.15) is 4.99 Å². The van der Waals surface area contributed by atoms with E-state index in [-0.39, 0.29) is 0 Å². The number of carboxylic acids is 1. The Morgan fingerprint density at radius 2 is 2.21 bits per heavy atom. The highest BCUT2D eigenvalue weighted by Gasteiger charge is 2.14. The molecule has 0 aliphatic rings. The molecule has 14 heavy (non-hydrogen) atoms. The summed E-state index contributed by atoms with van der Waals surface area (Å²) in [6, 6.07) is -0.920. The molecule has 0 bridgehead atoms. The van der Waals surface area contributed by atoms with E-state index < -0.39 is 12.0 Å². The van der Waals surface area contributed by atoms with Gasteiger partial charge in [-0.05, 0) is 19.3 Å². The molecule has 0 saturated carbocycles. The van der Waals surface area contributed by atoms with Crippen molar-refractivity contribution in [2.75, 3.05) is 0 Å². The number of unbranched alkanes of at least 4 members (excludes halogenated alkanes) is 3. The van der Waals surface area contributed by atoms with E-state index in [2.05, 4.69) is 11.6 Å². The molecular weight excluding hydrogens is 182 g/mol. The topological polar surface area (TPSA) is 66.7 Å². The molecule has 0 rings (SSSR count). The molecule has 0 fully saturated rings. The van der Waals surface area contributed by atoms with Crippen LogP contribution in [0.3, 0.4) is 0 Å². The molecule has 1 atom stereocenters. The van der Waals surface area contributed by atoms with Crippen LogP contribution in [0.5, 0.6) is 0 Å². The molecule has 0 aliphatic carbocycles. The summed E-state index contributed by atoms with van der Waals surface area (Å²) in [5.74, 6) is -1.06. The first kappa shape index (κ1) is 12.6. The molecule has 0 aromatic heterocycles. The van der Waals surface area contributed by atoms with E-state index in [1.165, 1.54) is 6.08 Å². The Hall–Kier alpha value is -1.41. The van der Waals surface area contributed by atoms with Gasteiger partial charge in [-0.3, -0.25) is 0 Å². The van der Waals surface area contributed by atoms with E-state index in [0.717, 1.165) is 25.7 Å². The van der Waals surface area contributed by atoms with Crippen molar-refractivity contribution >= 4 is 12.0 Å². The summed E-state index contributed by atoms with van der Waals surface area (Å²) in [5, 5.41) is 8.62. The van der Waals surface area contributed by atoms with Gasteiger partial charge in [0.15, 0.2) is 6.04 Å². The molecular formula is C10H15NO3. The zero-order valence-electron chi connectivity index (χ0n) is 8.11. The predicted octanol–water partition coefficient (Wildman–Crippen LogP) is 1.91. The molecule has 0 spiro atoms. The number of hydrogen-bond donors (Lipinski definition) is 1. The quantitative estimate of drug-likeness (QED) is 0.280. The minimum atomic E-state index is -1.06. The Morgan fingerprint density at radius 1 is 1.50 bits per heavy atom. The van der Waals surface area contributed by atoms with Crippen LogP contribution in [0.15, 0.2) is 17.6 Å². The average Bonchev–Trinajstić information content (AvgIpc) is 2.15. The predicted molar refractivity (Wildman–Crippen MR) is 52.8 cm³/mol. The number of carbonyl (C=O) groups is 1. The van der Waals surface area contributed by atoms with Crippen molar-refractivity contribution in [2.45, 2.75) is 38.1 Å². The normalized spacial score (nSPS) is 11.4. The summed E-state index contributed by atoms with van der Waals surface area (Å²) in [6.45, 7) is 3.59. The number of hydrogen-bond acceptors (Lipinski definition) is 3. The van der Waals surface area contributed by atoms with E-state index in [1.807, 2.05) is 6.08 Å². The fraction of sp³-hybridized carbons (Fsp3) is 0.600. The second kappa shape index (κ2) is 8.20. The second-order valence-corrected chi connectivity index (χ2v) is 3.00. The summed E-state index contributed by atoms with van der Waals surface area (Å²) >= 11 is 0. The number of carboxylic acid groups (broad SMARTS) is 1. The molecule has 0 unspecified atom stereocenters. The molecule has 0 amide bonds. The van der Waals surface area contributed by atoms with Crippen molar-refractivity contribution in [1.82, 2.24) is 0 Å². The minimum Gasteiger partial charge on any atom is -0.480 e. The smallest absolute Gasteiger partial charge is 0.329 e. The van der Waals surface area contributed by atoms with Crippen LogP contribution in [-0.4, -0.2) is 23.2 Å². The zero-order chi connectivity index (χ0) is 10.8. The van der Waals surface area contributed by atoms with Crippen molar-refractivity contribution in [1.29, 1.82) is 0 Å². The number of aliphatic imine (C=N–C) groups is 1. The van der Waals surface area contributed by atoms with Gasteiger partial charge in [0.05, 0.1) is 0 Å². The third-order valence-electron chi connectivity index (χ3n) is 1.88. The molecule has 1 N–H and O–H groups in total.